The third kappa shape index (κ3) is 3.69. The van der Waals surface area contributed by atoms with Crippen LogP contribution >= 0.6 is 27.5 Å². The van der Waals surface area contributed by atoms with Crippen LogP contribution < -0.4 is 10.1 Å². The SMILES string of the molecule is CCC(Nc1c(Cl)cc(F)cc1Br)c1ccccc1OC. The van der Waals surface area contributed by atoms with Gasteiger partial charge in [-0.05, 0) is 40.5 Å². The van der Waals surface area contributed by atoms with E-state index >= 15 is 0 Å². The van der Waals surface area contributed by atoms with Crippen LogP contribution in [-0.2, 0) is 0 Å². The fourth-order valence-electron chi connectivity index (χ4n) is 2.21. The maximum atomic E-state index is 13.3. The van der Waals surface area contributed by atoms with Crippen LogP contribution in [0.5, 0.6) is 5.75 Å². The van der Waals surface area contributed by atoms with E-state index in [2.05, 4.69) is 28.2 Å². The van der Waals surface area contributed by atoms with E-state index in [1.54, 1.807) is 7.11 Å². The van der Waals surface area contributed by atoms with Gasteiger partial charge in [0.15, 0.2) is 0 Å². The minimum Gasteiger partial charge on any atom is -0.496 e. The Morgan fingerprint density at radius 2 is 2.05 bits per heavy atom. The van der Waals surface area contributed by atoms with Gasteiger partial charge in [-0.3, -0.25) is 0 Å². The first-order chi connectivity index (χ1) is 10.1. The Morgan fingerprint density at radius 1 is 1.33 bits per heavy atom. The highest BCUT2D eigenvalue weighted by molar-refractivity contribution is 9.10. The number of halogens is 3. The van der Waals surface area contributed by atoms with Gasteiger partial charge in [-0.2, -0.15) is 0 Å². The van der Waals surface area contributed by atoms with Crippen LogP contribution in [0.15, 0.2) is 40.9 Å². The number of hydrogen-bond acceptors (Lipinski definition) is 2. The molecule has 0 fully saturated rings. The first kappa shape index (κ1) is 16.1. The Morgan fingerprint density at radius 3 is 2.67 bits per heavy atom. The second-order valence-corrected chi connectivity index (χ2v) is 5.85. The number of nitrogens with one attached hydrogen (secondary N) is 1. The number of anilines is 1. The summed E-state index contributed by atoms with van der Waals surface area (Å²) in [6, 6.07) is 10.5. The summed E-state index contributed by atoms with van der Waals surface area (Å²) < 4.78 is 19.3. The van der Waals surface area contributed by atoms with Gasteiger partial charge in [-0.25, -0.2) is 4.39 Å². The van der Waals surface area contributed by atoms with Crippen molar-refractivity contribution in [1.82, 2.24) is 0 Å². The van der Waals surface area contributed by atoms with Crippen LogP contribution in [0.25, 0.3) is 0 Å². The zero-order chi connectivity index (χ0) is 15.4. The molecule has 0 saturated carbocycles. The minimum atomic E-state index is -0.372. The average molecular weight is 373 g/mol. The maximum absolute atomic E-state index is 13.3. The minimum absolute atomic E-state index is 0.0143. The highest BCUT2D eigenvalue weighted by atomic mass is 79.9. The van der Waals surface area contributed by atoms with Gasteiger partial charge in [0.05, 0.1) is 23.9 Å². The molecule has 0 bridgehead atoms. The van der Waals surface area contributed by atoms with Crippen molar-refractivity contribution >= 4 is 33.2 Å². The third-order valence-corrected chi connectivity index (χ3v) is 4.17. The quantitative estimate of drug-likeness (QED) is 0.714. The monoisotopic (exact) mass is 371 g/mol. The topological polar surface area (TPSA) is 21.3 Å². The Bertz CT molecular complexity index is 612. The van der Waals surface area contributed by atoms with Crippen molar-refractivity contribution in [3.8, 4) is 5.75 Å². The number of benzene rings is 2. The standard InChI is InChI=1S/C16H16BrClFNO/c1-3-14(11-6-4-5-7-15(11)21-2)20-16-12(17)8-10(19)9-13(16)18/h4-9,14,20H,3H2,1-2H3. The van der Waals surface area contributed by atoms with E-state index in [-0.39, 0.29) is 11.9 Å². The molecule has 1 atom stereocenters. The molecule has 0 radical (unpaired) electrons. The van der Waals surface area contributed by atoms with Gasteiger partial charge in [-0.1, -0.05) is 36.7 Å². The van der Waals surface area contributed by atoms with E-state index in [1.807, 2.05) is 24.3 Å². The normalized spacial score (nSPS) is 12.0. The fraction of sp³-hybridized carbons (Fsp3) is 0.250. The molecule has 2 aromatic rings. The molecule has 0 aliphatic carbocycles. The lowest BCUT2D eigenvalue weighted by atomic mass is 10.0. The first-order valence-corrected chi connectivity index (χ1v) is 7.78. The lowest BCUT2D eigenvalue weighted by Gasteiger charge is -2.22. The van der Waals surface area contributed by atoms with Gasteiger partial charge in [0.25, 0.3) is 0 Å². The van der Waals surface area contributed by atoms with Crippen LogP contribution in [0.1, 0.15) is 24.9 Å². The van der Waals surface area contributed by atoms with Crippen molar-refractivity contribution in [2.45, 2.75) is 19.4 Å². The molecule has 2 nitrogen and oxygen atoms in total. The summed E-state index contributed by atoms with van der Waals surface area (Å²) in [6.07, 6.45) is 0.834. The van der Waals surface area contributed by atoms with Crippen molar-refractivity contribution in [3.63, 3.8) is 0 Å². The van der Waals surface area contributed by atoms with E-state index in [0.717, 1.165) is 17.7 Å². The molecule has 0 spiro atoms. The molecule has 5 heteroatoms. The molecule has 2 rings (SSSR count). The zero-order valence-corrected chi connectivity index (χ0v) is 14.1. The fourth-order valence-corrected chi connectivity index (χ4v) is 3.13. The highest BCUT2D eigenvalue weighted by Crippen LogP contribution is 2.37. The molecule has 2 aromatic carbocycles. The molecule has 1 unspecified atom stereocenters. The largest absolute Gasteiger partial charge is 0.496 e. The summed E-state index contributed by atoms with van der Waals surface area (Å²) in [6.45, 7) is 2.06. The summed E-state index contributed by atoms with van der Waals surface area (Å²) in [5, 5.41) is 3.70. The van der Waals surface area contributed by atoms with Crippen molar-refractivity contribution in [2.24, 2.45) is 0 Å². The van der Waals surface area contributed by atoms with Gasteiger partial charge >= 0.3 is 0 Å². The van der Waals surface area contributed by atoms with Gasteiger partial charge in [0, 0.05) is 10.0 Å². The molecule has 112 valence electrons. The summed E-state index contributed by atoms with van der Waals surface area (Å²) in [5.41, 5.74) is 1.71. The summed E-state index contributed by atoms with van der Waals surface area (Å²) in [7, 11) is 1.65. The van der Waals surface area contributed by atoms with Crippen LogP contribution in [-0.4, -0.2) is 7.11 Å². The van der Waals surface area contributed by atoms with Crippen LogP contribution in [0, 0.1) is 5.82 Å². The van der Waals surface area contributed by atoms with Gasteiger partial charge in [-0.15, -0.1) is 0 Å². The van der Waals surface area contributed by atoms with Crippen molar-refractivity contribution in [2.75, 3.05) is 12.4 Å². The smallest absolute Gasteiger partial charge is 0.125 e. The van der Waals surface area contributed by atoms with E-state index < -0.39 is 0 Å². The van der Waals surface area contributed by atoms with E-state index in [0.29, 0.717) is 15.2 Å². The summed E-state index contributed by atoms with van der Waals surface area (Å²) >= 11 is 9.48. The number of methoxy groups -OCH3 is 1. The number of ether oxygens (including phenoxy) is 1. The van der Waals surface area contributed by atoms with Crippen LogP contribution in [0.2, 0.25) is 5.02 Å². The summed E-state index contributed by atoms with van der Waals surface area (Å²) in [5.74, 6) is 0.439. The molecule has 0 aromatic heterocycles. The molecular weight excluding hydrogens is 357 g/mol. The lowest BCUT2D eigenvalue weighted by Crippen LogP contribution is -2.12. The van der Waals surface area contributed by atoms with Crippen molar-refractivity contribution < 1.29 is 9.13 Å². The first-order valence-electron chi connectivity index (χ1n) is 6.60. The Hall–Kier alpha value is -1.26. The van der Waals surface area contributed by atoms with E-state index in [4.69, 9.17) is 16.3 Å². The Labute approximate surface area is 137 Å². The number of hydrogen-bond donors (Lipinski definition) is 1. The second-order valence-electron chi connectivity index (χ2n) is 4.59. The Kier molecular flexibility index (Phi) is 5.48. The summed E-state index contributed by atoms with van der Waals surface area (Å²) in [4.78, 5) is 0. The maximum Gasteiger partial charge on any atom is 0.125 e. The van der Waals surface area contributed by atoms with Crippen molar-refractivity contribution in [3.05, 3.63) is 57.3 Å². The molecule has 21 heavy (non-hydrogen) atoms. The third-order valence-electron chi connectivity index (χ3n) is 3.25. The van der Waals surface area contributed by atoms with Crippen molar-refractivity contribution in [1.29, 1.82) is 0 Å². The molecule has 0 amide bonds. The van der Waals surface area contributed by atoms with Crippen LogP contribution in [0.3, 0.4) is 0 Å². The number of rotatable bonds is 5. The molecule has 0 saturated heterocycles. The molecule has 0 aliphatic heterocycles. The molecule has 0 heterocycles. The van der Waals surface area contributed by atoms with Crippen LogP contribution in [0.4, 0.5) is 10.1 Å². The van der Waals surface area contributed by atoms with E-state index in [9.17, 15) is 4.39 Å². The van der Waals surface area contributed by atoms with Gasteiger partial charge < -0.3 is 10.1 Å². The number of para-hydroxylation sites is 1. The molecule has 0 aliphatic rings. The van der Waals surface area contributed by atoms with Gasteiger partial charge in [0.1, 0.15) is 11.6 Å². The molecular formula is C16H16BrClFNO. The lowest BCUT2D eigenvalue weighted by molar-refractivity contribution is 0.406. The Balaban J connectivity index is 2.36. The highest BCUT2D eigenvalue weighted by Gasteiger charge is 2.17. The predicted octanol–water partition coefficient (Wildman–Crippen LogP) is 5.81. The average Bonchev–Trinajstić information content (AvgIpc) is 2.46. The zero-order valence-electron chi connectivity index (χ0n) is 11.8. The van der Waals surface area contributed by atoms with E-state index in [1.165, 1.54) is 12.1 Å². The van der Waals surface area contributed by atoms with Gasteiger partial charge in [0.2, 0.25) is 0 Å². The predicted molar refractivity (Wildman–Crippen MR) is 88.8 cm³/mol. The molecule has 1 N–H and O–H groups in total. The second kappa shape index (κ2) is 7.14.